The second-order valence-corrected chi connectivity index (χ2v) is 4.83. The third-order valence-electron chi connectivity index (χ3n) is 2.54. The molecule has 6 nitrogen and oxygen atoms in total. The predicted octanol–water partition coefficient (Wildman–Crippen LogP) is 3.02. The zero-order chi connectivity index (χ0) is 14.5. The van der Waals surface area contributed by atoms with E-state index >= 15 is 0 Å². The van der Waals surface area contributed by atoms with Gasteiger partial charge in [-0.1, -0.05) is 6.07 Å². The van der Waals surface area contributed by atoms with Crippen molar-refractivity contribution in [3.8, 4) is 5.75 Å². The Balaban J connectivity index is 2.18. The van der Waals surface area contributed by atoms with Gasteiger partial charge in [0, 0.05) is 17.0 Å². The van der Waals surface area contributed by atoms with Gasteiger partial charge in [-0.15, -0.1) is 11.3 Å². The average Bonchev–Trinajstić information content (AvgIpc) is 2.97. The molecule has 0 atom stereocenters. The molecule has 0 spiro atoms. The van der Waals surface area contributed by atoms with E-state index in [1.165, 1.54) is 30.6 Å². The van der Waals surface area contributed by atoms with E-state index < -0.39 is 10.9 Å². The van der Waals surface area contributed by atoms with E-state index in [9.17, 15) is 14.9 Å². The molecule has 1 heterocycles. The maximum absolute atomic E-state index is 12.0. The maximum atomic E-state index is 12.0. The highest BCUT2D eigenvalue weighted by molar-refractivity contribution is 7.09. The summed E-state index contributed by atoms with van der Waals surface area (Å²) in [7, 11) is 1.39. The number of hydrogen-bond donors (Lipinski definition) is 0. The number of benzene rings is 1. The summed E-state index contributed by atoms with van der Waals surface area (Å²) in [4.78, 5) is 23.0. The van der Waals surface area contributed by atoms with Gasteiger partial charge in [0.15, 0.2) is 0 Å². The van der Waals surface area contributed by atoms with Crippen LogP contribution in [0.2, 0.25) is 0 Å². The second kappa shape index (κ2) is 6.16. The molecule has 1 aromatic carbocycles. The molecule has 2 aromatic rings. The van der Waals surface area contributed by atoms with Gasteiger partial charge in [-0.3, -0.25) is 10.1 Å². The molecule has 2 rings (SSSR count). The molecule has 0 aliphatic heterocycles. The van der Waals surface area contributed by atoms with Crippen LogP contribution >= 0.6 is 11.3 Å². The first kappa shape index (κ1) is 14.0. The van der Waals surface area contributed by atoms with E-state index in [0.717, 1.165) is 10.9 Å². The van der Waals surface area contributed by atoms with Crippen molar-refractivity contribution in [2.24, 2.45) is 0 Å². The highest BCUT2D eigenvalue weighted by Crippen LogP contribution is 2.25. The summed E-state index contributed by atoms with van der Waals surface area (Å²) in [5.74, 6) is -0.411. The standard InChI is InChI=1S/C13H11NO5S/c1-18-12-5-4-9(14(16)17)7-11(12)13(15)19-8-10-3-2-6-20-10/h2-7H,8H2,1H3. The number of ether oxygens (including phenoxy) is 2. The van der Waals surface area contributed by atoms with Crippen LogP contribution in [0.1, 0.15) is 15.2 Å². The Labute approximate surface area is 118 Å². The number of nitro groups is 1. The van der Waals surface area contributed by atoms with E-state index in [0.29, 0.717) is 0 Å². The summed E-state index contributed by atoms with van der Waals surface area (Å²) >= 11 is 1.46. The van der Waals surface area contributed by atoms with Gasteiger partial charge in [-0.25, -0.2) is 4.79 Å². The van der Waals surface area contributed by atoms with Crippen LogP contribution in [0, 0.1) is 10.1 Å². The van der Waals surface area contributed by atoms with E-state index in [4.69, 9.17) is 9.47 Å². The van der Waals surface area contributed by atoms with Crippen molar-refractivity contribution in [1.82, 2.24) is 0 Å². The third-order valence-corrected chi connectivity index (χ3v) is 3.39. The number of non-ortho nitro benzene ring substituents is 1. The Morgan fingerprint density at radius 2 is 2.20 bits per heavy atom. The van der Waals surface area contributed by atoms with Gasteiger partial charge in [0.1, 0.15) is 17.9 Å². The summed E-state index contributed by atoms with van der Waals surface area (Å²) in [5, 5.41) is 12.6. The third kappa shape index (κ3) is 3.12. The monoisotopic (exact) mass is 293 g/mol. The van der Waals surface area contributed by atoms with E-state index in [1.54, 1.807) is 0 Å². The van der Waals surface area contributed by atoms with Gasteiger partial charge >= 0.3 is 5.97 Å². The molecule has 20 heavy (non-hydrogen) atoms. The quantitative estimate of drug-likeness (QED) is 0.481. The predicted molar refractivity (Wildman–Crippen MR) is 73.1 cm³/mol. The molecule has 0 amide bonds. The number of hydrogen-bond acceptors (Lipinski definition) is 6. The van der Waals surface area contributed by atoms with Crippen LogP contribution in [0.3, 0.4) is 0 Å². The van der Waals surface area contributed by atoms with Crippen molar-refractivity contribution in [2.75, 3.05) is 7.11 Å². The van der Waals surface area contributed by atoms with Gasteiger partial charge in [-0.2, -0.15) is 0 Å². The first-order chi connectivity index (χ1) is 9.61. The van der Waals surface area contributed by atoms with Gasteiger partial charge in [0.05, 0.1) is 12.0 Å². The first-order valence-electron chi connectivity index (χ1n) is 5.63. The molecule has 0 N–H and O–H groups in total. The Kier molecular flexibility index (Phi) is 4.31. The van der Waals surface area contributed by atoms with Crippen molar-refractivity contribution in [3.05, 3.63) is 56.3 Å². The number of thiophene rings is 1. The zero-order valence-electron chi connectivity index (χ0n) is 10.6. The maximum Gasteiger partial charge on any atom is 0.342 e. The number of nitrogens with zero attached hydrogens (tertiary/aromatic N) is 1. The Bertz CT molecular complexity index is 624. The molecule has 0 radical (unpaired) electrons. The second-order valence-electron chi connectivity index (χ2n) is 3.80. The SMILES string of the molecule is COc1ccc([N+](=O)[O-])cc1C(=O)OCc1cccs1. The lowest BCUT2D eigenvalue weighted by Crippen LogP contribution is -2.07. The molecule has 0 saturated heterocycles. The summed E-state index contributed by atoms with van der Waals surface area (Å²) in [5.41, 5.74) is -0.146. The normalized spacial score (nSPS) is 10.1. The molecule has 0 saturated carbocycles. The molecule has 104 valence electrons. The van der Waals surface area contributed by atoms with E-state index in [-0.39, 0.29) is 23.6 Å². The zero-order valence-corrected chi connectivity index (χ0v) is 11.4. The number of carbonyl (C=O) groups excluding carboxylic acids is 1. The van der Waals surface area contributed by atoms with Crippen LogP contribution < -0.4 is 4.74 Å². The van der Waals surface area contributed by atoms with Crippen LogP contribution in [0.5, 0.6) is 5.75 Å². The van der Waals surface area contributed by atoms with Crippen LogP contribution in [0.25, 0.3) is 0 Å². The Morgan fingerprint density at radius 1 is 1.40 bits per heavy atom. The molecule has 1 aromatic heterocycles. The fraction of sp³-hybridized carbons (Fsp3) is 0.154. The smallest absolute Gasteiger partial charge is 0.342 e. The van der Waals surface area contributed by atoms with Gasteiger partial charge in [-0.05, 0) is 17.5 Å². The van der Waals surface area contributed by atoms with Crippen molar-refractivity contribution >= 4 is 23.0 Å². The first-order valence-corrected chi connectivity index (χ1v) is 6.51. The van der Waals surface area contributed by atoms with Crippen LogP contribution in [-0.4, -0.2) is 18.0 Å². The minimum atomic E-state index is -0.654. The average molecular weight is 293 g/mol. The largest absolute Gasteiger partial charge is 0.496 e. The van der Waals surface area contributed by atoms with Crippen molar-refractivity contribution in [3.63, 3.8) is 0 Å². The van der Waals surface area contributed by atoms with Gasteiger partial charge < -0.3 is 9.47 Å². The number of rotatable bonds is 5. The molecule has 0 bridgehead atoms. The Hall–Kier alpha value is -2.41. The molecule has 0 fully saturated rings. The van der Waals surface area contributed by atoms with E-state index in [2.05, 4.69) is 0 Å². The van der Waals surface area contributed by atoms with Crippen LogP contribution in [-0.2, 0) is 11.3 Å². The lowest BCUT2D eigenvalue weighted by Gasteiger charge is -2.08. The number of carbonyl (C=O) groups is 1. The molecular formula is C13H11NO5S. The number of nitro benzene ring substituents is 1. The summed E-state index contributed by atoms with van der Waals surface area (Å²) < 4.78 is 10.1. The summed E-state index contributed by atoms with van der Waals surface area (Å²) in [6.45, 7) is 0.127. The minimum Gasteiger partial charge on any atom is -0.496 e. The summed E-state index contributed by atoms with van der Waals surface area (Å²) in [6, 6.07) is 7.48. The fourth-order valence-corrected chi connectivity index (χ4v) is 2.19. The molecule has 7 heteroatoms. The number of esters is 1. The fourth-order valence-electron chi connectivity index (χ4n) is 1.58. The molecule has 0 aliphatic rings. The van der Waals surface area contributed by atoms with Gasteiger partial charge in [0.2, 0.25) is 0 Å². The lowest BCUT2D eigenvalue weighted by atomic mass is 10.2. The minimum absolute atomic E-state index is 0.0401. The van der Waals surface area contributed by atoms with Crippen LogP contribution in [0.4, 0.5) is 5.69 Å². The topological polar surface area (TPSA) is 78.7 Å². The summed E-state index contributed by atoms with van der Waals surface area (Å²) in [6.07, 6.45) is 0. The molecule has 0 aliphatic carbocycles. The van der Waals surface area contributed by atoms with Gasteiger partial charge in [0.25, 0.3) is 5.69 Å². The highest BCUT2D eigenvalue weighted by Gasteiger charge is 2.18. The molecule has 0 unspecified atom stereocenters. The highest BCUT2D eigenvalue weighted by atomic mass is 32.1. The lowest BCUT2D eigenvalue weighted by molar-refractivity contribution is -0.384. The van der Waals surface area contributed by atoms with Crippen molar-refractivity contribution < 1.29 is 19.2 Å². The Morgan fingerprint density at radius 3 is 2.80 bits per heavy atom. The van der Waals surface area contributed by atoms with E-state index in [1.807, 2.05) is 17.5 Å². The van der Waals surface area contributed by atoms with Crippen LogP contribution in [0.15, 0.2) is 35.7 Å². The number of methoxy groups -OCH3 is 1. The van der Waals surface area contributed by atoms with Crippen molar-refractivity contribution in [1.29, 1.82) is 0 Å². The van der Waals surface area contributed by atoms with Crippen molar-refractivity contribution in [2.45, 2.75) is 6.61 Å². The molecular weight excluding hydrogens is 282 g/mol.